The van der Waals surface area contributed by atoms with Gasteiger partial charge in [-0.2, -0.15) is 0 Å². The van der Waals surface area contributed by atoms with Gasteiger partial charge >= 0.3 is 0 Å². The van der Waals surface area contributed by atoms with Gasteiger partial charge in [-0.05, 0) is 0 Å². The molecule has 0 aromatic heterocycles. The van der Waals surface area contributed by atoms with Crippen molar-refractivity contribution in [2.75, 3.05) is 0 Å². The first-order chi connectivity index (χ1) is 6.29. The summed E-state index contributed by atoms with van der Waals surface area (Å²) in [6, 6.07) is 0. The molecule has 1 heteroatoms. The van der Waals surface area contributed by atoms with Gasteiger partial charge in [0.1, 0.15) is 6.71 Å². The van der Waals surface area contributed by atoms with E-state index in [4.69, 9.17) is 0 Å². The fourth-order valence-electron chi connectivity index (χ4n) is 2.39. The summed E-state index contributed by atoms with van der Waals surface area (Å²) >= 11 is 0. The molecule has 0 nitrogen and oxygen atoms in total. The highest BCUT2D eigenvalue weighted by molar-refractivity contribution is 6.60. The maximum atomic E-state index is 2.36. The highest BCUT2D eigenvalue weighted by atomic mass is 14.0. The lowest BCUT2D eigenvalue weighted by molar-refractivity contribution is 0.612. The van der Waals surface area contributed by atoms with Crippen LogP contribution in [-0.2, 0) is 0 Å². The third kappa shape index (κ3) is 5.39. The lowest BCUT2D eigenvalue weighted by Gasteiger charge is -2.20. The van der Waals surface area contributed by atoms with Crippen LogP contribution in [0.1, 0.15) is 59.8 Å². The predicted octanol–water partition coefficient (Wildman–Crippen LogP) is 4.88. The van der Waals surface area contributed by atoms with E-state index in [1.54, 1.807) is 0 Å². The molecule has 0 aliphatic carbocycles. The molecule has 0 aromatic carbocycles. The van der Waals surface area contributed by atoms with Crippen molar-refractivity contribution < 1.29 is 0 Å². The van der Waals surface area contributed by atoms with E-state index in [2.05, 4.69) is 27.7 Å². The van der Waals surface area contributed by atoms with Crippen molar-refractivity contribution >= 4 is 6.71 Å². The van der Waals surface area contributed by atoms with E-state index in [1.807, 2.05) is 0 Å². The van der Waals surface area contributed by atoms with Crippen molar-refractivity contribution in [3.8, 4) is 0 Å². The SMILES string of the molecule is CCCCCC(CC)B(CC)CC. The number of hydrogen-bond donors (Lipinski definition) is 0. The first kappa shape index (κ1) is 13.1. The van der Waals surface area contributed by atoms with Gasteiger partial charge in [0.05, 0.1) is 0 Å². The molecule has 0 aromatic rings. The third-order valence-corrected chi connectivity index (χ3v) is 3.42. The molecule has 0 amide bonds. The molecule has 0 N–H and O–H groups in total. The van der Waals surface area contributed by atoms with Crippen molar-refractivity contribution in [1.29, 1.82) is 0 Å². The van der Waals surface area contributed by atoms with Gasteiger partial charge in [0.2, 0.25) is 0 Å². The summed E-state index contributed by atoms with van der Waals surface area (Å²) in [6.45, 7) is 10.3. The third-order valence-electron chi connectivity index (χ3n) is 3.42. The van der Waals surface area contributed by atoms with Crippen LogP contribution in [0, 0.1) is 0 Å². The monoisotopic (exact) mass is 182 g/mol. The number of unbranched alkanes of at least 4 members (excludes halogenated alkanes) is 2. The zero-order valence-electron chi connectivity index (χ0n) is 10.1. The highest BCUT2D eigenvalue weighted by Gasteiger charge is 2.19. The average Bonchev–Trinajstić information content (AvgIpc) is 2.17. The first-order valence-electron chi connectivity index (χ1n) is 6.29. The van der Waals surface area contributed by atoms with Crippen LogP contribution in [0.5, 0.6) is 0 Å². The quantitative estimate of drug-likeness (QED) is 0.370. The number of hydrogen-bond acceptors (Lipinski definition) is 0. The molecule has 78 valence electrons. The molecule has 1 unspecified atom stereocenters. The molecule has 1 atom stereocenters. The summed E-state index contributed by atoms with van der Waals surface area (Å²) in [5.74, 6) is 1.00. The minimum atomic E-state index is 0.988. The topological polar surface area (TPSA) is 0 Å². The van der Waals surface area contributed by atoms with Crippen molar-refractivity contribution in [2.24, 2.45) is 0 Å². The van der Waals surface area contributed by atoms with Crippen LogP contribution < -0.4 is 0 Å². The fourth-order valence-corrected chi connectivity index (χ4v) is 2.39. The smallest absolute Gasteiger partial charge is 0.0768 e. The van der Waals surface area contributed by atoms with E-state index in [9.17, 15) is 0 Å². The summed E-state index contributed by atoms with van der Waals surface area (Å²) < 4.78 is 0. The Bertz CT molecular complexity index is 97.3. The maximum Gasteiger partial charge on any atom is 0.142 e. The van der Waals surface area contributed by atoms with Gasteiger partial charge in [-0.25, -0.2) is 0 Å². The normalized spacial score (nSPS) is 12.9. The van der Waals surface area contributed by atoms with E-state index in [-0.39, 0.29) is 0 Å². The molecular weight excluding hydrogens is 155 g/mol. The van der Waals surface area contributed by atoms with E-state index >= 15 is 0 Å². The van der Waals surface area contributed by atoms with Gasteiger partial charge in [0.25, 0.3) is 0 Å². The lowest BCUT2D eigenvalue weighted by atomic mass is 9.36. The zero-order chi connectivity index (χ0) is 10.1. The molecule has 0 aliphatic rings. The highest BCUT2D eigenvalue weighted by Crippen LogP contribution is 2.27. The second-order valence-corrected chi connectivity index (χ2v) is 4.24. The Balaban J connectivity index is 3.71. The molecule has 0 aliphatic heterocycles. The van der Waals surface area contributed by atoms with Crippen LogP contribution in [-0.4, -0.2) is 6.71 Å². The van der Waals surface area contributed by atoms with Gasteiger partial charge in [0, 0.05) is 0 Å². The molecule has 0 saturated carbocycles. The number of rotatable bonds is 8. The Hall–Kier alpha value is 0.0649. The fraction of sp³-hybridized carbons (Fsp3) is 1.00. The van der Waals surface area contributed by atoms with Crippen LogP contribution >= 0.6 is 0 Å². The molecule has 0 saturated heterocycles. The maximum absolute atomic E-state index is 2.36. The summed E-state index contributed by atoms with van der Waals surface area (Å²) in [7, 11) is 0. The molecule has 0 bridgehead atoms. The molecular formula is C12H27B. The van der Waals surface area contributed by atoms with Crippen molar-refractivity contribution in [2.45, 2.75) is 78.3 Å². The van der Waals surface area contributed by atoms with Crippen LogP contribution in [0.25, 0.3) is 0 Å². The first-order valence-corrected chi connectivity index (χ1v) is 6.29. The Morgan fingerprint density at radius 1 is 0.923 bits per heavy atom. The van der Waals surface area contributed by atoms with Crippen LogP contribution in [0.2, 0.25) is 18.5 Å². The predicted molar refractivity (Wildman–Crippen MR) is 64.9 cm³/mol. The molecule has 0 fully saturated rings. The van der Waals surface area contributed by atoms with E-state index < -0.39 is 0 Å². The average molecular weight is 182 g/mol. The lowest BCUT2D eigenvalue weighted by Crippen LogP contribution is -2.17. The van der Waals surface area contributed by atoms with Gasteiger partial charge in [0.15, 0.2) is 0 Å². The zero-order valence-corrected chi connectivity index (χ0v) is 10.1. The summed E-state index contributed by atoms with van der Waals surface area (Å²) in [5.41, 5.74) is 0. The van der Waals surface area contributed by atoms with Crippen molar-refractivity contribution in [1.82, 2.24) is 0 Å². The van der Waals surface area contributed by atoms with Gasteiger partial charge in [-0.1, -0.05) is 78.3 Å². The van der Waals surface area contributed by atoms with E-state index in [0.717, 1.165) is 12.5 Å². The minimum Gasteiger partial charge on any atom is -0.0768 e. The second-order valence-electron chi connectivity index (χ2n) is 4.24. The molecule has 13 heavy (non-hydrogen) atoms. The van der Waals surface area contributed by atoms with Gasteiger partial charge < -0.3 is 0 Å². The summed E-state index contributed by atoms with van der Waals surface area (Å²) in [6.07, 6.45) is 9.84. The Morgan fingerprint density at radius 3 is 1.92 bits per heavy atom. The van der Waals surface area contributed by atoms with Crippen molar-refractivity contribution in [3.05, 3.63) is 0 Å². The van der Waals surface area contributed by atoms with Gasteiger partial charge in [-0.3, -0.25) is 0 Å². The van der Waals surface area contributed by atoms with Crippen LogP contribution in [0.3, 0.4) is 0 Å². The second kappa shape index (κ2) is 8.65. The van der Waals surface area contributed by atoms with Crippen LogP contribution in [0.15, 0.2) is 0 Å². The Kier molecular flexibility index (Phi) is 8.70. The standard InChI is InChI=1S/C12H27B/c1-5-9-10-11-12(6-2)13(7-3)8-4/h12H,5-11H2,1-4H3. The molecule has 0 radical (unpaired) electrons. The summed E-state index contributed by atoms with van der Waals surface area (Å²) in [4.78, 5) is 0. The van der Waals surface area contributed by atoms with Crippen molar-refractivity contribution in [3.63, 3.8) is 0 Å². The minimum absolute atomic E-state index is 0.988. The Morgan fingerprint density at radius 2 is 1.54 bits per heavy atom. The van der Waals surface area contributed by atoms with Crippen LogP contribution in [0.4, 0.5) is 0 Å². The molecule has 0 heterocycles. The largest absolute Gasteiger partial charge is 0.142 e. The van der Waals surface area contributed by atoms with Gasteiger partial charge in [-0.15, -0.1) is 0 Å². The molecule has 0 spiro atoms. The van der Waals surface area contributed by atoms with E-state index in [1.165, 1.54) is 44.7 Å². The summed E-state index contributed by atoms with van der Waals surface area (Å²) in [5, 5.41) is 0. The Labute approximate surface area is 85.6 Å². The molecule has 0 rings (SSSR count). The van der Waals surface area contributed by atoms with E-state index in [0.29, 0.717) is 0 Å².